The number of halogens is 2. The summed E-state index contributed by atoms with van der Waals surface area (Å²) in [5, 5.41) is 15.9. The second kappa shape index (κ2) is 5.05. The highest BCUT2D eigenvalue weighted by Gasteiger charge is 2.06. The minimum atomic E-state index is -0.465. The van der Waals surface area contributed by atoms with Crippen molar-refractivity contribution in [2.24, 2.45) is 10.9 Å². The Bertz CT molecular complexity index is 596. The number of oxime groups is 1. The predicted molar refractivity (Wildman–Crippen MR) is 65.2 cm³/mol. The molecule has 5 nitrogen and oxygen atoms in total. The van der Waals surface area contributed by atoms with Crippen LogP contribution in [0.25, 0.3) is 0 Å². The first-order chi connectivity index (χ1) is 8.58. The minimum Gasteiger partial charge on any atom is -0.409 e. The highest BCUT2D eigenvalue weighted by atomic mass is 35.5. The number of nitrogens with two attached hydrogens (primary N) is 1. The molecular weight excluding hydrogens is 259 g/mol. The van der Waals surface area contributed by atoms with Crippen LogP contribution in [-0.4, -0.2) is 20.8 Å². The molecular formula is C11H10ClFN4O. The summed E-state index contributed by atoms with van der Waals surface area (Å²) in [4.78, 5) is 0. The maximum atomic E-state index is 13.4. The molecule has 1 aromatic heterocycles. The van der Waals surface area contributed by atoms with Crippen LogP contribution in [0.1, 0.15) is 11.1 Å². The second-order valence-electron chi connectivity index (χ2n) is 3.69. The summed E-state index contributed by atoms with van der Waals surface area (Å²) in [5.74, 6) is -0.610. The second-order valence-corrected chi connectivity index (χ2v) is 4.13. The third-order valence-corrected chi connectivity index (χ3v) is 2.50. The summed E-state index contributed by atoms with van der Waals surface area (Å²) in [6, 6.07) is 4.16. The number of hydrogen-bond acceptors (Lipinski definition) is 3. The van der Waals surface area contributed by atoms with E-state index in [1.807, 2.05) is 0 Å². The van der Waals surface area contributed by atoms with E-state index in [1.54, 1.807) is 16.9 Å². The minimum absolute atomic E-state index is 0.144. The van der Waals surface area contributed by atoms with Crippen LogP contribution in [0.2, 0.25) is 5.02 Å². The van der Waals surface area contributed by atoms with Gasteiger partial charge >= 0.3 is 0 Å². The largest absolute Gasteiger partial charge is 0.409 e. The molecule has 18 heavy (non-hydrogen) atoms. The number of amidine groups is 1. The van der Waals surface area contributed by atoms with Crippen LogP contribution >= 0.6 is 11.6 Å². The van der Waals surface area contributed by atoms with Gasteiger partial charge in [0.05, 0.1) is 17.8 Å². The van der Waals surface area contributed by atoms with Gasteiger partial charge in [-0.05, 0) is 23.8 Å². The zero-order chi connectivity index (χ0) is 13.1. The Kier molecular flexibility index (Phi) is 3.47. The highest BCUT2D eigenvalue weighted by molar-refractivity contribution is 6.30. The van der Waals surface area contributed by atoms with Gasteiger partial charge in [-0.25, -0.2) is 4.39 Å². The van der Waals surface area contributed by atoms with Crippen molar-refractivity contribution in [3.8, 4) is 0 Å². The van der Waals surface area contributed by atoms with E-state index in [0.29, 0.717) is 22.7 Å². The van der Waals surface area contributed by atoms with Gasteiger partial charge in [-0.15, -0.1) is 0 Å². The molecule has 2 aromatic rings. The highest BCUT2D eigenvalue weighted by Crippen LogP contribution is 2.12. The van der Waals surface area contributed by atoms with E-state index in [1.165, 1.54) is 18.3 Å². The SMILES string of the molecule is N/C(=N/O)c1cc(F)cc(Cn2cc(Cl)cn2)c1. The first-order valence-corrected chi connectivity index (χ1v) is 5.41. The molecule has 0 aliphatic heterocycles. The third-order valence-electron chi connectivity index (χ3n) is 2.31. The standard InChI is InChI=1S/C11H10ClFN4O/c12-9-4-15-17(6-9)5-7-1-8(11(14)16-18)3-10(13)2-7/h1-4,6,18H,5H2,(H2,14,16). The van der Waals surface area contributed by atoms with Gasteiger partial charge < -0.3 is 10.9 Å². The molecule has 0 spiro atoms. The molecule has 0 aliphatic carbocycles. The first kappa shape index (κ1) is 12.4. The molecule has 0 atom stereocenters. The lowest BCUT2D eigenvalue weighted by atomic mass is 10.1. The summed E-state index contributed by atoms with van der Waals surface area (Å²) >= 11 is 5.73. The summed E-state index contributed by atoms with van der Waals surface area (Å²) in [6.07, 6.45) is 3.11. The number of benzene rings is 1. The topological polar surface area (TPSA) is 76.4 Å². The first-order valence-electron chi connectivity index (χ1n) is 5.04. The molecule has 0 bridgehead atoms. The van der Waals surface area contributed by atoms with Crippen molar-refractivity contribution in [1.82, 2.24) is 9.78 Å². The Morgan fingerprint density at radius 1 is 1.50 bits per heavy atom. The van der Waals surface area contributed by atoms with Crippen LogP contribution in [0, 0.1) is 5.82 Å². The summed E-state index contributed by atoms with van der Waals surface area (Å²) in [5.41, 5.74) is 6.37. The third kappa shape index (κ3) is 2.78. The fraction of sp³-hybridized carbons (Fsp3) is 0.0909. The van der Waals surface area contributed by atoms with Crippen LogP contribution in [0.15, 0.2) is 35.7 Å². The van der Waals surface area contributed by atoms with Crippen LogP contribution in [0.3, 0.4) is 0 Å². The van der Waals surface area contributed by atoms with Gasteiger partial charge in [0.1, 0.15) is 5.82 Å². The molecule has 0 radical (unpaired) electrons. The van der Waals surface area contributed by atoms with Gasteiger partial charge in [0.2, 0.25) is 0 Å². The Balaban J connectivity index is 2.31. The molecule has 0 saturated carbocycles. The summed E-state index contributed by atoms with van der Waals surface area (Å²) in [6.45, 7) is 0.343. The van der Waals surface area contributed by atoms with E-state index in [-0.39, 0.29) is 5.84 Å². The molecule has 3 N–H and O–H groups in total. The molecule has 0 fully saturated rings. The van der Waals surface area contributed by atoms with Crippen LogP contribution < -0.4 is 5.73 Å². The lowest BCUT2D eigenvalue weighted by Gasteiger charge is -2.05. The van der Waals surface area contributed by atoms with E-state index in [9.17, 15) is 4.39 Å². The van der Waals surface area contributed by atoms with Crippen molar-refractivity contribution in [3.05, 3.63) is 52.6 Å². The Morgan fingerprint density at radius 2 is 2.28 bits per heavy atom. The van der Waals surface area contributed by atoms with Crippen molar-refractivity contribution < 1.29 is 9.60 Å². The van der Waals surface area contributed by atoms with E-state index < -0.39 is 5.82 Å². The van der Waals surface area contributed by atoms with Crippen molar-refractivity contribution in [1.29, 1.82) is 0 Å². The normalized spacial score (nSPS) is 11.8. The Labute approximate surface area is 107 Å². The van der Waals surface area contributed by atoms with Gasteiger partial charge in [-0.1, -0.05) is 16.8 Å². The molecule has 7 heteroatoms. The summed E-state index contributed by atoms with van der Waals surface area (Å²) < 4.78 is 14.9. The molecule has 0 saturated heterocycles. The van der Waals surface area contributed by atoms with Gasteiger partial charge in [-0.3, -0.25) is 4.68 Å². The molecule has 2 rings (SSSR count). The van der Waals surface area contributed by atoms with E-state index in [0.717, 1.165) is 0 Å². The van der Waals surface area contributed by atoms with Crippen LogP contribution in [0.5, 0.6) is 0 Å². The van der Waals surface area contributed by atoms with Crippen molar-refractivity contribution in [2.75, 3.05) is 0 Å². The zero-order valence-electron chi connectivity index (χ0n) is 9.22. The summed E-state index contributed by atoms with van der Waals surface area (Å²) in [7, 11) is 0. The molecule has 1 aromatic carbocycles. The van der Waals surface area contributed by atoms with Gasteiger partial charge in [0.25, 0.3) is 0 Å². The van der Waals surface area contributed by atoms with Crippen molar-refractivity contribution in [2.45, 2.75) is 6.54 Å². The van der Waals surface area contributed by atoms with E-state index in [2.05, 4.69) is 10.3 Å². The zero-order valence-corrected chi connectivity index (χ0v) is 9.97. The molecule has 0 aliphatic rings. The fourth-order valence-electron chi connectivity index (χ4n) is 1.56. The lowest BCUT2D eigenvalue weighted by Crippen LogP contribution is -2.14. The van der Waals surface area contributed by atoms with Crippen molar-refractivity contribution >= 4 is 17.4 Å². The Morgan fingerprint density at radius 3 is 2.89 bits per heavy atom. The van der Waals surface area contributed by atoms with Gasteiger partial charge in [-0.2, -0.15) is 5.10 Å². The number of nitrogens with zero attached hydrogens (tertiary/aromatic N) is 3. The monoisotopic (exact) mass is 268 g/mol. The maximum Gasteiger partial charge on any atom is 0.170 e. The van der Waals surface area contributed by atoms with Crippen LogP contribution in [0.4, 0.5) is 4.39 Å². The van der Waals surface area contributed by atoms with E-state index >= 15 is 0 Å². The van der Waals surface area contributed by atoms with E-state index in [4.69, 9.17) is 22.5 Å². The van der Waals surface area contributed by atoms with Gasteiger partial charge in [0, 0.05) is 11.8 Å². The van der Waals surface area contributed by atoms with Crippen LogP contribution in [-0.2, 0) is 6.54 Å². The predicted octanol–water partition coefficient (Wildman–Crippen LogP) is 1.82. The van der Waals surface area contributed by atoms with Crippen molar-refractivity contribution in [3.63, 3.8) is 0 Å². The maximum absolute atomic E-state index is 13.4. The number of aromatic nitrogens is 2. The molecule has 0 unspecified atom stereocenters. The molecule has 94 valence electrons. The lowest BCUT2D eigenvalue weighted by molar-refractivity contribution is 0.318. The Hall–Kier alpha value is -2.08. The quantitative estimate of drug-likeness (QED) is 0.386. The number of hydrogen-bond donors (Lipinski definition) is 2. The van der Waals surface area contributed by atoms with Gasteiger partial charge in [0.15, 0.2) is 5.84 Å². The smallest absolute Gasteiger partial charge is 0.170 e. The average molecular weight is 269 g/mol. The fourth-order valence-corrected chi connectivity index (χ4v) is 1.72. The number of rotatable bonds is 3. The average Bonchev–Trinajstić information content (AvgIpc) is 2.73. The molecule has 0 amide bonds. The molecule has 1 heterocycles.